The van der Waals surface area contributed by atoms with Crippen molar-refractivity contribution in [1.29, 1.82) is 0 Å². The van der Waals surface area contributed by atoms with Gasteiger partial charge in [0, 0.05) is 79.6 Å². The summed E-state index contributed by atoms with van der Waals surface area (Å²) in [7, 11) is 3.70. The number of alkyl carbamates (subject to hydrolysis) is 2. The Morgan fingerprint density at radius 3 is 1.82 bits per heavy atom. The van der Waals surface area contributed by atoms with Crippen molar-refractivity contribution >= 4 is 41.7 Å². The summed E-state index contributed by atoms with van der Waals surface area (Å²) in [5.41, 5.74) is 1.16. The third-order valence-corrected chi connectivity index (χ3v) is 13.6. The van der Waals surface area contributed by atoms with Gasteiger partial charge in [-0.25, -0.2) is 33.4 Å². The van der Waals surface area contributed by atoms with E-state index in [4.69, 9.17) is 5.73 Å². The molecule has 7 N–H and O–H groups in total. The van der Waals surface area contributed by atoms with Crippen molar-refractivity contribution in [3.8, 4) is 11.8 Å². The lowest BCUT2D eigenvalue weighted by Crippen LogP contribution is -2.63. The van der Waals surface area contributed by atoms with E-state index >= 15 is 8.78 Å². The Hall–Kier alpha value is -7.18. The summed E-state index contributed by atoms with van der Waals surface area (Å²) in [5.74, 6) is 1.83. The predicted octanol–water partition coefficient (Wildman–Crippen LogP) is 5.90. The van der Waals surface area contributed by atoms with Crippen LogP contribution >= 0.6 is 0 Å². The van der Waals surface area contributed by atoms with Crippen LogP contribution in [0.5, 0.6) is 0 Å². The second-order valence-corrected chi connectivity index (χ2v) is 19.9. The van der Waals surface area contributed by atoms with Crippen LogP contribution in [0.25, 0.3) is 5.70 Å². The summed E-state index contributed by atoms with van der Waals surface area (Å²) in [6.45, 7) is 0.643. The zero-order chi connectivity index (χ0) is 58.1. The molecular formula is C51H60F10N10O7. The van der Waals surface area contributed by atoms with Crippen LogP contribution in [0.2, 0.25) is 0 Å². The van der Waals surface area contributed by atoms with Crippen LogP contribution in [0, 0.1) is 46.1 Å². The number of hydrogen-bond acceptors (Lipinski definition) is 13. The molecule has 0 radical (unpaired) electrons. The molecule has 27 heteroatoms. The molecule has 4 amide bonds. The number of aliphatic hydroxyl groups is 1. The summed E-state index contributed by atoms with van der Waals surface area (Å²) in [6, 6.07) is 4.20. The van der Waals surface area contributed by atoms with Crippen LogP contribution in [-0.2, 0) is 32.0 Å². The van der Waals surface area contributed by atoms with Gasteiger partial charge in [-0.1, -0.05) is 24.0 Å². The fourth-order valence-electron chi connectivity index (χ4n) is 8.68. The highest BCUT2D eigenvalue weighted by molar-refractivity contribution is 5.87. The summed E-state index contributed by atoms with van der Waals surface area (Å²) >= 11 is 0. The number of aromatic nitrogens is 1. The van der Waals surface area contributed by atoms with Crippen LogP contribution in [0.1, 0.15) is 55.5 Å². The molecule has 0 spiro atoms. The number of allylic oxidation sites excluding steroid dienone is 1. The first kappa shape index (κ1) is 61.7. The zero-order valence-corrected chi connectivity index (χ0v) is 43.3. The second kappa shape index (κ2) is 25.5. The third-order valence-electron chi connectivity index (χ3n) is 13.6. The van der Waals surface area contributed by atoms with Gasteiger partial charge in [-0.2, -0.15) is 35.1 Å². The fraction of sp³-hybridized carbons (Fsp3) is 0.490. The topological polar surface area (TPSA) is 216 Å². The first-order valence-electron chi connectivity index (χ1n) is 24.0. The maximum atomic E-state index is 15.9. The van der Waals surface area contributed by atoms with E-state index in [-0.39, 0.29) is 5.56 Å². The highest BCUT2D eigenvalue weighted by Crippen LogP contribution is 2.42. The SMILES string of the molecule is COC(=O)N[C@H](C(=O)N[C@@H](Cc1ccc(C#Cc2ccc(N3C[C@H]4CN(C)C[C@H]4C3)nc2)cc1)[C@@H](O)CN(Cc1c(F)cc(C(N)=CC=NC(F)F)cc1F)NC(=O)[C@@H](NC(=O)OC)C(C)(C)C(F)(F)F)C(C)(C)C(F)(F)F. The number of nitrogens with zero attached hydrogens (tertiary/aromatic N) is 5. The quantitative estimate of drug-likeness (QED) is 0.0272. The van der Waals surface area contributed by atoms with E-state index < -0.39 is 126 Å². The first-order valence-corrected chi connectivity index (χ1v) is 24.0. The van der Waals surface area contributed by atoms with Gasteiger partial charge in [0.2, 0.25) is 5.91 Å². The number of alkyl halides is 8. The number of aliphatic hydroxyl groups excluding tert-OH is 1. The Bertz CT molecular complexity index is 2700. The molecule has 0 bridgehead atoms. The van der Waals surface area contributed by atoms with E-state index in [1.807, 2.05) is 22.9 Å². The van der Waals surface area contributed by atoms with Gasteiger partial charge in [0.25, 0.3) is 5.91 Å². The van der Waals surface area contributed by atoms with E-state index in [1.165, 1.54) is 24.3 Å². The minimum Gasteiger partial charge on any atom is -0.453 e. The maximum absolute atomic E-state index is 15.9. The van der Waals surface area contributed by atoms with Crippen molar-refractivity contribution < 1.29 is 77.7 Å². The van der Waals surface area contributed by atoms with Gasteiger partial charge < -0.3 is 46.1 Å². The van der Waals surface area contributed by atoms with E-state index in [2.05, 4.69) is 53.5 Å². The number of aliphatic imine (C=N–C) groups is 1. The number of benzene rings is 2. The van der Waals surface area contributed by atoms with Crippen LogP contribution in [0.15, 0.2) is 65.8 Å². The average Bonchev–Trinajstić information content (AvgIpc) is 3.94. The molecule has 1 aromatic heterocycles. The van der Waals surface area contributed by atoms with Crippen LogP contribution in [0.4, 0.5) is 59.3 Å². The lowest BCUT2D eigenvalue weighted by molar-refractivity contribution is -0.221. The van der Waals surface area contributed by atoms with Gasteiger partial charge in [-0.3, -0.25) is 15.0 Å². The van der Waals surface area contributed by atoms with E-state index in [9.17, 15) is 59.4 Å². The van der Waals surface area contributed by atoms with Crippen LogP contribution < -0.4 is 32.0 Å². The molecule has 2 saturated heterocycles. The van der Waals surface area contributed by atoms with Gasteiger partial charge >= 0.3 is 31.1 Å². The maximum Gasteiger partial charge on any atom is 0.407 e. The Kier molecular flexibility index (Phi) is 20.2. The second-order valence-electron chi connectivity index (χ2n) is 19.9. The molecule has 2 fully saturated rings. The number of hydrogen-bond donors (Lipinski definition) is 6. The number of rotatable bonds is 19. The lowest BCUT2D eigenvalue weighted by Gasteiger charge is -2.38. The number of carbonyl (C=O) groups excluding carboxylic acids is 4. The summed E-state index contributed by atoms with van der Waals surface area (Å²) in [6.07, 6.45) is -13.0. The Balaban J connectivity index is 1.51. The van der Waals surface area contributed by atoms with Gasteiger partial charge in [-0.05, 0) is 101 Å². The first-order chi connectivity index (χ1) is 36.3. The average molecular weight is 1120 g/mol. The predicted molar refractivity (Wildman–Crippen MR) is 265 cm³/mol. The largest absolute Gasteiger partial charge is 0.453 e. The van der Waals surface area contributed by atoms with Crippen LogP contribution in [0.3, 0.4) is 0 Å². The van der Waals surface area contributed by atoms with E-state index in [0.717, 1.165) is 52.3 Å². The minimum atomic E-state index is -5.23. The molecule has 5 rings (SSSR count). The molecule has 2 aromatic carbocycles. The number of nitrogens with one attached hydrogen (secondary N) is 4. The molecule has 3 heterocycles. The zero-order valence-electron chi connectivity index (χ0n) is 43.3. The van der Waals surface area contributed by atoms with Crippen molar-refractivity contribution in [2.75, 3.05) is 58.9 Å². The van der Waals surface area contributed by atoms with Crippen molar-refractivity contribution in [1.82, 2.24) is 36.3 Å². The number of methoxy groups -OCH3 is 2. The third kappa shape index (κ3) is 15.7. The standard InChI is InChI=1S/C51H60F10N10O7/c1-48(2,50(56,57)58)41(66-46(75)77-6)43(73)65-38(18-29-11-8-28(9-12-29)10-13-30-14-15-40(64-21-30)70-24-32-22-69(5)23-33(32)25-70)39(72)27-71(68-44(74)42(67-47(76)78-7)49(3,4)51(59,60)61)26-34-35(52)19-31(20-36(34)53)37(62)16-17-63-45(54)55/h8-9,11-12,14-17,19-21,32-33,38-39,41-42,45,72H,18,22-27,62H2,1-7H3,(H,65,73)(H,66,75)(H,67,76)(H,68,74)/t32-,33+,38-,39-,41+,42+/m0/s1. The number of nitrogens with two attached hydrogens (primary N) is 1. The molecular weight excluding hydrogens is 1050 g/mol. The number of pyridine rings is 1. The van der Waals surface area contributed by atoms with Crippen molar-refractivity contribution in [3.05, 3.63) is 100 Å². The van der Waals surface area contributed by atoms with Gasteiger partial charge in [0.15, 0.2) is 0 Å². The number of fused-ring (bicyclic) bond motifs is 1. The lowest BCUT2D eigenvalue weighted by atomic mass is 9.82. The minimum absolute atomic E-state index is 0.270. The molecule has 426 valence electrons. The molecule has 0 unspecified atom stereocenters. The Morgan fingerprint density at radius 1 is 0.821 bits per heavy atom. The number of halogens is 10. The number of hydrazine groups is 1. The van der Waals surface area contributed by atoms with Crippen molar-refractivity contribution in [3.63, 3.8) is 0 Å². The molecule has 2 aliphatic rings. The van der Waals surface area contributed by atoms with Crippen molar-refractivity contribution in [2.45, 2.75) is 83.8 Å². The number of ether oxygens (including phenoxy) is 2. The highest BCUT2D eigenvalue weighted by Gasteiger charge is 2.57. The summed E-state index contributed by atoms with van der Waals surface area (Å²) < 4.78 is 153. The van der Waals surface area contributed by atoms with Crippen LogP contribution in [-0.4, -0.2) is 147 Å². The summed E-state index contributed by atoms with van der Waals surface area (Å²) in [5, 5.41) is 18.4. The molecule has 0 saturated carbocycles. The molecule has 6 atom stereocenters. The van der Waals surface area contributed by atoms with Gasteiger partial charge in [0.1, 0.15) is 29.5 Å². The van der Waals surface area contributed by atoms with Gasteiger partial charge in [-0.15, -0.1) is 0 Å². The number of anilines is 1. The summed E-state index contributed by atoms with van der Waals surface area (Å²) in [4.78, 5) is 64.6. The number of amides is 4. The van der Waals surface area contributed by atoms with E-state index in [0.29, 0.717) is 74.0 Å². The monoisotopic (exact) mass is 1110 g/mol. The molecule has 2 aliphatic heterocycles. The Morgan fingerprint density at radius 2 is 1.33 bits per heavy atom. The molecule has 0 aliphatic carbocycles. The normalized spacial score (nSPS) is 17.9. The van der Waals surface area contributed by atoms with Gasteiger partial charge in [0.05, 0.1) is 37.2 Å². The smallest absolute Gasteiger partial charge is 0.407 e. The molecule has 17 nitrogen and oxygen atoms in total. The fourth-order valence-corrected chi connectivity index (χ4v) is 8.68. The number of likely N-dealkylation sites (tertiary alicyclic amines) is 1. The highest BCUT2D eigenvalue weighted by atomic mass is 19.4. The molecule has 3 aromatic rings. The van der Waals surface area contributed by atoms with E-state index in [1.54, 1.807) is 11.5 Å². The molecule has 78 heavy (non-hydrogen) atoms. The number of carbonyl (C=O) groups is 4. The Labute approximate surface area is 442 Å². The van der Waals surface area contributed by atoms with Crippen molar-refractivity contribution in [2.24, 2.45) is 33.4 Å².